The highest BCUT2D eigenvalue weighted by molar-refractivity contribution is 7.89. The monoisotopic (exact) mass is 298 g/mol. The average molecular weight is 298 g/mol. The fraction of sp³-hybridized carbons (Fsp3) is 0.571. The van der Waals surface area contributed by atoms with Gasteiger partial charge in [-0.1, -0.05) is 29.8 Å². The first-order valence-electron chi connectivity index (χ1n) is 6.90. The standard InChI is InChI=1S/C14H22N2O3S/c1-13-2-4-14(5-3-13)12-15-6-11-20(17,18)16-7-9-19-10-8-16/h2-5,15H,6-12H2,1H3. The van der Waals surface area contributed by atoms with Gasteiger partial charge in [-0.25, -0.2) is 8.42 Å². The summed E-state index contributed by atoms with van der Waals surface area (Å²) in [5.74, 6) is 0.138. The molecule has 0 unspecified atom stereocenters. The molecule has 1 heterocycles. The van der Waals surface area contributed by atoms with Gasteiger partial charge in [-0.15, -0.1) is 0 Å². The lowest BCUT2D eigenvalue weighted by Crippen LogP contribution is -2.43. The van der Waals surface area contributed by atoms with Crippen LogP contribution in [0.1, 0.15) is 11.1 Å². The molecular formula is C14H22N2O3S. The number of rotatable bonds is 6. The molecular weight excluding hydrogens is 276 g/mol. The topological polar surface area (TPSA) is 58.6 Å². The van der Waals surface area contributed by atoms with Gasteiger partial charge in [0.05, 0.1) is 19.0 Å². The second-order valence-corrected chi connectivity index (χ2v) is 7.08. The van der Waals surface area contributed by atoms with E-state index >= 15 is 0 Å². The molecule has 0 amide bonds. The van der Waals surface area contributed by atoms with Gasteiger partial charge in [-0.3, -0.25) is 0 Å². The van der Waals surface area contributed by atoms with Gasteiger partial charge in [0.1, 0.15) is 0 Å². The molecule has 6 heteroatoms. The average Bonchev–Trinajstić information content (AvgIpc) is 2.46. The number of hydrogen-bond acceptors (Lipinski definition) is 4. The highest BCUT2D eigenvalue weighted by Gasteiger charge is 2.23. The fourth-order valence-corrected chi connectivity index (χ4v) is 3.46. The van der Waals surface area contributed by atoms with Gasteiger partial charge in [0, 0.05) is 26.2 Å². The predicted octanol–water partition coefficient (Wildman–Crippen LogP) is 0.747. The van der Waals surface area contributed by atoms with E-state index in [-0.39, 0.29) is 5.75 Å². The second kappa shape index (κ2) is 7.17. The summed E-state index contributed by atoms with van der Waals surface area (Å²) < 4.78 is 30.8. The van der Waals surface area contributed by atoms with Gasteiger partial charge in [-0.2, -0.15) is 4.31 Å². The molecule has 0 radical (unpaired) electrons. The largest absolute Gasteiger partial charge is 0.379 e. The van der Waals surface area contributed by atoms with Crippen LogP contribution >= 0.6 is 0 Å². The van der Waals surface area contributed by atoms with Gasteiger partial charge in [0.15, 0.2) is 0 Å². The summed E-state index contributed by atoms with van der Waals surface area (Å²) in [5, 5.41) is 3.18. The smallest absolute Gasteiger partial charge is 0.215 e. The lowest BCUT2D eigenvalue weighted by atomic mass is 10.1. The molecule has 0 saturated carbocycles. The van der Waals surface area contributed by atoms with Gasteiger partial charge < -0.3 is 10.1 Å². The van der Waals surface area contributed by atoms with Crippen LogP contribution in [0.15, 0.2) is 24.3 Å². The van der Waals surface area contributed by atoms with E-state index < -0.39 is 10.0 Å². The van der Waals surface area contributed by atoms with Crippen molar-refractivity contribution >= 4 is 10.0 Å². The van der Waals surface area contributed by atoms with Crippen LogP contribution in [0.5, 0.6) is 0 Å². The molecule has 20 heavy (non-hydrogen) atoms. The first-order valence-corrected chi connectivity index (χ1v) is 8.51. The van der Waals surface area contributed by atoms with Gasteiger partial charge in [0.25, 0.3) is 0 Å². The Balaban J connectivity index is 1.73. The molecule has 1 saturated heterocycles. The van der Waals surface area contributed by atoms with Gasteiger partial charge in [-0.05, 0) is 12.5 Å². The van der Waals surface area contributed by atoms with Crippen molar-refractivity contribution in [2.75, 3.05) is 38.6 Å². The van der Waals surface area contributed by atoms with E-state index in [1.165, 1.54) is 15.4 Å². The predicted molar refractivity (Wildman–Crippen MR) is 79.1 cm³/mol. The zero-order valence-electron chi connectivity index (χ0n) is 11.8. The highest BCUT2D eigenvalue weighted by Crippen LogP contribution is 2.05. The van der Waals surface area contributed by atoms with Crippen molar-refractivity contribution in [1.29, 1.82) is 0 Å². The van der Waals surface area contributed by atoms with Crippen LogP contribution in [0.4, 0.5) is 0 Å². The number of hydrogen-bond donors (Lipinski definition) is 1. The summed E-state index contributed by atoms with van der Waals surface area (Å²) in [6.07, 6.45) is 0. The SMILES string of the molecule is Cc1ccc(CNCCS(=O)(=O)N2CCOCC2)cc1. The van der Waals surface area contributed by atoms with Crippen molar-refractivity contribution in [3.05, 3.63) is 35.4 Å². The lowest BCUT2D eigenvalue weighted by Gasteiger charge is -2.26. The van der Waals surface area contributed by atoms with Crippen molar-refractivity contribution in [1.82, 2.24) is 9.62 Å². The van der Waals surface area contributed by atoms with Crippen molar-refractivity contribution in [3.63, 3.8) is 0 Å². The third kappa shape index (κ3) is 4.56. The Kier molecular flexibility index (Phi) is 5.54. The second-order valence-electron chi connectivity index (χ2n) is 4.99. The number of nitrogens with one attached hydrogen (secondary N) is 1. The molecule has 0 spiro atoms. The quantitative estimate of drug-likeness (QED) is 0.787. The van der Waals surface area contributed by atoms with Crippen LogP contribution in [0.25, 0.3) is 0 Å². The Bertz CT molecular complexity index is 508. The van der Waals surface area contributed by atoms with Crippen LogP contribution < -0.4 is 5.32 Å². The molecule has 112 valence electrons. The molecule has 0 bridgehead atoms. The van der Waals surface area contributed by atoms with Crippen molar-refractivity contribution in [2.45, 2.75) is 13.5 Å². The molecule has 1 aliphatic heterocycles. The number of benzene rings is 1. The van der Waals surface area contributed by atoms with E-state index in [0.29, 0.717) is 39.4 Å². The Hall–Kier alpha value is -0.950. The van der Waals surface area contributed by atoms with E-state index in [2.05, 4.69) is 29.6 Å². The zero-order valence-corrected chi connectivity index (χ0v) is 12.7. The molecule has 1 fully saturated rings. The molecule has 1 aromatic rings. The van der Waals surface area contributed by atoms with Crippen LogP contribution in [-0.2, 0) is 21.3 Å². The summed E-state index contributed by atoms with van der Waals surface area (Å²) in [5.41, 5.74) is 2.39. The van der Waals surface area contributed by atoms with Crippen LogP contribution in [0.2, 0.25) is 0 Å². The normalized spacial score (nSPS) is 17.2. The lowest BCUT2D eigenvalue weighted by molar-refractivity contribution is 0.0730. The molecule has 0 atom stereocenters. The number of sulfonamides is 1. The first-order chi connectivity index (χ1) is 9.58. The molecule has 5 nitrogen and oxygen atoms in total. The van der Waals surface area contributed by atoms with Crippen LogP contribution in [0.3, 0.4) is 0 Å². The number of morpholine rings is 1. The summed E-state index contributed by atoms with van der Waals surface area (Å²) >= 11 is 0. The van der Waals surface area contributed by atoms with Gasteiger partial charge in [0.2, 0.25) is 10.0 Å². The molecule has 0 aromatic heterocycles. The fourth-order valence-electron chi connectivity index (χ4n) is 2.09. The summed E-state index contributed by atoms with van der Waals surface area (Å²) in [6, 6.07) is 8.22. The third-order valence-electron chi connectivity index (χ3n) is 3.35. The van der Waals surface area contributed by atoms with Crippen molar-refractivity contribution in [2.24, 2.45) is 0 Å². The van der Waals surface area contributed by atoms with E-state index in [1.54, 1.807) is 0 Å². The number of nitrogens with zero attached hydrogens (tertiary/aromatic N) is 1. The molecule has 1 N–H and O–H groups in total. The minimum absolute atomic E-state index is 0.138. The Morgan fingerprint density at radius 3 is 2.50 bits per heavy atom. The van der Waals surface area contributed by atoms with E-state index in [1.807, 2.05) is 6.92 Å². The van der Waals surface area contributed by atoms with Crippen molar-refractivity contribution < 1.29 is 13.2 Å². The Labute approximate surface area is 121 Å². The molecule has 0 aliphatic carbocycles. The maximum atomic E-state index is 12.1. The summed E-state index contributed by atoms with van der Waals surface area (Å²) in [7, 11) is -3.15. The van der Waals surface area contributed by atoms with E-state index in [4.69, 9.17) is 4.74 Å². The van der Waals surface area contributed by atoms with Crippen LogP contribution in [0, 0.1) is 6.92 Å². The minimum atomic E-state index is -3.15. The van der Waals surface area contributed by atoms with E-state index in [0.717, 1.165) is 0 Å². The first kappa shape index (κ1) is 15.4. The third-order valence-corrected chi connectivity index (χ3v) is 5.22. The maximum absolute atomic E-state index is 12.1. The number of ether oxygens (including phenoxy) is 1. The Morgan fingerprint density at radius 2 is 1.85 bits per heavy atom. The van der Waals surface area contributed by atoms with Gasteiger partial charge >= 0.3 is 0 Å². The summed E-state index contributed by atoms with van der Waals surface area (Å²) in [6.45, 7) is 5.14. The summed E-state index contributed by atoms with van der Waals surface area (Å²) in [4.78, 5) is 0. The zero-order chi connectivity index (χ0) is 14.4. The molecule has 1 aromatic carbocycles. The molecule has 1 aliphatic rings. The van der Waals surface area contributed by atoms with E-state index in [9.17, 15) is 8.42 Å². The Morgan fingerprint density at radius 1 is 1.20 bits per heavy atom. The van der Waals surface area contributed by atoms with Crippen LogP contribution in [-0.4, -0.2) is 51.3 Å². The van der Waals surface area contributed by atoms with Crippen molar-refractivity contribution in [3.8, 4) is 0 Å². The number of aryl methyl sites for hydroxylation is 1. The minimum Gasteiger partial charge on any atom is -0.379 e. The highest BCUT2D eigenvalue weighted by atomic mass is 32.2. The molecule has 2 rings (SSSR count). The maximum Gasteiger partial charge on any atom is 0.215 e.